The molecule has 0 unspecified atom stereocenters. The molecule has 0 radical (unpaired) electrons. The van der Waals surface area contributed by atoms with Gasteiger partial charge in [0.2, 0.25) is 0 Å². The van der Waals surface area contributed by atoms with Gasteiger partial charge < -0.3 is 24.7 Å². The van der Waals surface area contributed by atoms with Crippen LogP contribution in [0.25, 0.3) is 0 Å². The zero-order valence-electron chi connectivity index (χ0n) is 14.7. The Kier molecular flexibility index (Phi) is 6.40. The van der Waals surface area contributed by atoms with Crippen molar-refractivity contribution < 1.29 is 19.7 Å². The molecular formula is C18H28N2O4. The van der Waals surface area contributed by atoms with Crippen LogP contribution in [0.2, 0.25) is 0 Å². The van der Waals surface area contributed by atoms with Crippen LogP contribution in [0, 0.1) is 0 Å². The fraction of sp³-hybridized carbons (Fsp3) is 0.500. The molecule has 3 atom stereocenters. The third-order valence-corrected chi connectivity index (χ3v) is 3.68. The molecule has 1 aliphatic heterocycles. The summed E-state index contributed by atoms with van der Waals surface area (Å²) in [5.74, 6) is 0. The van der Waals surface area contributed by atoms with Crippen LogP contribution in [0.3, 0.4) is 0 Å². The SMILES string of the molecule is C=CC(=C)N(C(=C)C=C)[C@H]1CN(C(=O)OC(C)(C)C)C[C@H](O)[C@@H]1O. The highest BCUT2D eigenvalue weighted by atomic mass is 16.6. The Hall–Kier alpha value is -2.05. The van der Waals surface area contributed by atoms with Crippen molar-refractivity contribution in [3.05, 3.63) is 49.9 Å². The fourth-order valence-electron chi connectivity index (χ4n) is 2.52. The maximum Gasteiger partial charge on any atom is 0.410 e. The molecule has 0 saturated carbocycles. The summed E-state index contributed by atoms with van der Waals surface area (Å²) in [5.41, 5.74) is 0.326. The van der Waals surface area contributed by atoms with E-state index >= 15 is 0 Å². The number of piperidine rings is 1. The molecule has 2 N–H and O–H groups in total. The van der Waals surface area contributed by atoms with E-state index in [4.69, 9.17) is 4.74 Å². The molecule has 1 aliphatic rings. The molecule has 134 valence electrons. The first-order valence-electron chi connectivity index (χ1n) is 7.77. The Morgan fingerprint density at radius 1 is 1.17 bits per heavy atom. The van der Waals surface area contributed by atoms with Gasteiger partial charge in [-0.2, -0.15) is 0 Å². The zero-order chi connectivity index (χ0) is 18.7. The monoisotopic (exact) mass is 336 g/mol. The lowest BCUT2D eigenvalue weighted by Crippen LogP contribution is -2.62. The molecule has 1 heterocycles. The van der Waals surface area contributed by atoms with Gasteiger partial charge in [-0.05, 0) is 32.9 Å². The predicted octanol–water partition coefficient (Wildman–Crippen LogP) is 2.03. The van der Waals surface area contributed by atoms with Crippen molar-refractivity contribution in [1.82, 2.24) is 9.80 Å². The van der Waals surface area contributed by atoms with Gasteiger partial charge in [0.25, 0.3) is 0 Å². The Balaban J connectivity index is 3.08. The maximum atomic E-state index is 12.3. The largest absolute Gasteiger partial charge is 0.444 e. The van der Waals surface area contributed by atoms with Crippen molar-refractivity contribution in [3.63, 3.8) is 0 Å². The Labute approximate surface area is 144 Å². The summed E-state index contributed by atoms with van der Waals surface area (Å²) in [4.78, 5) is 15.3. The van der Waals surface area contributed by atoms with E-state index in [9.17, 15) is 15.0 Å². The average Bonchev–Trinajstić information content (AvgIpc) is 2.48. The van der Waals surface area contributed by atoms with Gasteiger partial charge in [0, 0.05) is 17.9 Å². The number of carbonyl (C=O) groups is 1. The molecule has 1 saturated heterocycles. The average molecular weight is 336 g/mol. The van der Waals surface area contributed by atoms with Crippen LogP contribution < -0.4 is 0 Å². The molecule has 6 nitrogen and oxygen atoms in total. The molecule has 0 aromatic carbocycles. The quantitative estimate of drug-likeness (QED) is 0.752. The Bertz CT molecular complexity index is 516. The molecular weight excluding hydrogens is 308 g/mol. The minimum atomic E-state index is -1.12. The van der Waals surface area contributed by atoms with Crippen LogP contribution in [0.4, 0.5) is 4.79 Å². The number of hydrogen-bond acceptors (Lipinski definition) is 5. The second-order valence-electron chi connectivity index (χ2n) is 6.77. The van der Waals surface area contributed by atoms with E-state index in [1.807, 2.05) is 0 Å². The first kappa shape index (κ1) is 20.0. The zero-order valence-corrected chi connectivity index (χ0v) is 14.7. The topological polar surface area (TPSA) is 73.2 Å². The highest BCUT2D eigenvalue weighted by Gasteiger charge is 2.41. The molecule has 1 amide bonds. The predicted molar refractivity (Wildman–Crippen MR) is 94.1 cm³/mol. The van der Waals surface area contributed by atoms with Crippen LogP contribution >= 0.6 is 0 Å². The van der Waals surface area contributed by atoms with E-state index in [1.165, 1.54) is 17.1 Å². The number of β-amino-alcohol motifs (C(OH)–C–C–N with tert-alkyl or cyclic N) is 1. The summed E-state index contributed by atoms with van der Waals surface area (Å²) in [6.07, 6.45) is 0.276. The lowest BCUT2D eigenvalue weighted by atomic mass is 9.97. The summed E-state index contributed by atoms with van der Waals surface area (Å²) in [6.45, 7) is 20.5. The Morgan fingerprint density at radius 2 is 1.67 bits per heavy atom. The van der Waals surface area contributed by atoms with E-state index in [1.54, 1.807) is 25.7 Å². The lowest BCUT2D eigenvalue weighted by molar-refractivity contribution is -0.0790. The normalized spacial score (nSPS) is 24.0. The molecule has 1 fully saturated rings. The highest BCUT2D eigenvalue weighted by Crippen LogP contribution is 2.26. The second-order valence-corrected chi connectivity index (χ2v) is 6.77. The van der Waals surface area contributed by atoms with Crippen molar-refractivity contribution in [1.29, 1.82) is 0 Å². The fourth-order valence-corrected chi connectivity index (χ4v) is 2.52. The van der Waals surface area contributed by atoms with Crippen LogP contribution in [0.1, 0.15) is 20.8 Å². The number of ether oxygens (including phenoxy) is 1. The first-order valence-corrected chi connectivity index (χ1v) is 7.77. The highest BCUT2D eigenvalue weighted by molar-refractivity contribution is 5.68. The van der Waals surface area contributed by atoms with Gasteiger partial charge in [-0.15, -0.1) is 0 Å². The lowest BCUT2D eigenvalue weighted by Gasteiger charge is -2.45. The molecule has 24 heavy (non-hydrogen) atoms. The van der Waals surface area contributed by atoms with Gasteiger partial charge in [-0.3, -0.25) is 0 Å². The Morgan fingerprint density at radius 3 is 2.08 bits per heavy atom. The van der Waals surface area contributed by atoms with Gasteiger partial charge in [-0.1, -0.05) is 26.3 Å². The van der Waals surface area contributed by atoms with Gasteiger partial charge >= 0.3 is 6.09 Å². The summed E-state index contributed by atoms with van der Waals surface area (Å²) >= 11 is 0. The van der Waals surface area contributed by atoms with Crippen molar-refractivity contribution >= 4 is 6.09 Å². The van der Waals surface area contributed by atoms with Crippen LogP contribution in [-0.2, 0) is 4.74 Å². The maximum absolute atomic E-state index is 12.3. The molecule has 1 rings (SSSR count). The molecule has 6 heteroatoms. The second kappa shape index (κ2) is 7.68. The van der Waals surface area contributed by atoms with Crippen LogP contribution in [-0.4, -0.2) is 63.0 Å². The molecule has 0 aromatic heterocycles. The minimum absolute atomic E-state index is 0.0124. The molecule has 0 bridgehead atoms. The number of aliphatic hydroxyl groups excluding tert-OH is 2. The number of hydrogen-bond donors (Lipinski definition) is 2. The molecule has 0 aliphatic carbocycles. The number of nitrogens with zero attached hydrogens (tertiary/aromatic N) is 2. The third-order valence-electron chi connectivity index (χ3n) is 3.68. The third kappa shape index (κ3) is 4.72. The van der Waals surface area contributed by atoms with Gasteiger partial charge in [0.15, 0.2) is 0 Å². The number of amides is 1. The van der Waals surface area contributed by atoms with E-state index in [2.05, 4.69) is 26.3 Å². The standard InChI is InChI=1S/C18H28N2O4/c1-8-12(3)20(13(4)9-2)14-10-19(11-15(21)16(14)22)17(23)24-18(5,6)7/h8-9,14-16,21-22H,1-4,10-11H2,5-7H3/t14-,15-,16+/m0/s1. The van der Waals surface area contributed by atoms with Gasteiger partial charge in [0.1, 0.15) is 11.7 Å². The molecule has 0 aromatic rings. The van der Waals surface area contributed by atoms with Crippen LogP contribution in [0.5, 0.6) is 0 Å². The van der Waals surface area contributed by atoms with Crippen molar-refractivity contribution in [3.8, 4) is 0 Å². The van der Waals surface area contributed by atoms with Crippen LogP contribution in [0.15, 0.2) is 49.9 Å². The number of allylic oxidation sites excluding steroid dienone is 2. The van der Waals surface area contributed by atoms with Gasteiger partial charge in [0.05, 0.1) is 18.7 Å². The van der Waals surface area contributed by atoms with E-state index in [-0.39, 0.29) is 13.1 Å². The van der Waals surface area contributed by atoms with Crippen molar-refractivity contribution in [2.75, 3.05) is 13.1 Å². The van der Waals surface area contributed by atoms with E-state index in [0.717, 1.165) is 0 Å². The minimum Gasteiger partial charge on any atom is -0.444 e. The van der Waals surface area contributed by atoms with Crippen molar-refractivity contribution in [2.45, 2.75) is 44.6 Å². The number of likely N-dealkylation sites (tertiary alicyclic amines) is 1. The smallest absolute Gasteiger partial charge is 0.410 e. The summed E-state index contributed by atoms with van der Waals surface area (Å²) in [7, 11) is 0. The van der Waals surface area contributed by atoms with Crippen molar-refractivity contribution in [2.24, 2.45) is 0 Å². The number of carbonyl (C=O) groups excluding carboxylic acids is 1. The van der Waals surface area contributed by atoms with E-state index in [0.29, 0.717) is 11.4 Å². The number of rotatable bonds is 5. The summed E-state index contributed by atoms with van der Waals surface area (Å²) < 4.78 is 5.35. The molecule has 0 spiro atoms. The number of aliphatic hydroxyl groups is 2. The van der Waals surface area contributed by atoms with Gasteiger partial charge in [-0.25, -0.2) is 4.79 Å². The van der Waals surface area contributed by atoms with E-state index < -0.39 is 29.9 Å². The summed E-state index contributed by atoms with van der Waals surface area (Å²) in [5, 5.41) is 20.6. The summed E-state index contributed by atoms with van der Waals surface area (Å²) in [6, 6.07) is -0.641. The first-order chi connectivity index (χ1) is 11.0.